The summed E-state index contributed by atoms with van der Waals surface area (Å²) in [5, 5.41) is 2.96. The quantitative estimate of drug-likeness (QED) is 0.865. The molecule has 1 fully saturated rings. The molecule has 1 aliphatic carbocycles. The molecule has 5 nitrogen and oxygen atoms in total. The molecule has 3 rings (SSSR count). The Labute approximate surface area is 117 Å². The van der Waals surface area contributed by atoms with Crippen molar-refractivity contribution in [1.29, 1.82) is 0 Å². The van der Waals surface area contributed by atoms with E-state index in [1.807, 2.05) is 19.9 Å². The van der Waals surface area contributed by atoms with Gasteiger partial charge in [0.1, 0.15) is 0 Å². The standard InChI is InChI=1S/C15H18N4O/c1-8-9(2)18-14-7-10(3-5-13(14)17-8)15(20)19-12-6-4-11(12)16/h3,5,7,11-12H,4,6,16H2,1-2H3,(H,19,20)/t11-,12+/m1/s1. The summed E-state index contributed by atoms with van der Waals surface area (Å²) in [5.41, 5.74) is 9.80. The van der Waals surface area contributed by atoms with E-state index in [0.29, 0.717) is 5.56 Å². The Balaban J connectivity index is 1.88. The van der Waals surface area contributed by atoms with Gasteiger partial charge in [-0.15, -0.1) is 0 Å². The molecule has 0 saturated heterocycles. The minimum atomic E-state index is -0.0907. The lowest BCUT2D eigenvalue weighted by Gasteiger charge is -2.34. The van der Waals surface area contributed by atoms with Gasteiger partial charge in [0.15, 0.2) is 0 Å². The number of amides is 1. The maximum absolute atomic E-state index is 12.2. The van der Waals surface area contributed by atoms with E-state index in [9.17, 15) is 4.79 Å². The van der Waals surface area contributed by atoms with Gasteiger partial charge < -0.3 is 11.1 Å². The van der Waals surface area contributed by atoms with Crippen molar-refractivity contribution < 1.29 is 4.79 Å². The number of rotatable bonds is 2. The lowest BCUT2D eigenvalue weighted by atomic mass is 9.87. The fourth-order valence-corrected chi connectivity index (χ4v) is 2.33. The molecule has 3 N–H and O–H groups in total. The van der Waals surface area contributed by atoms with Crippen LogP contribution in [-0.4, -0.2) is 28.0 Å². The van der Waals surface area contributed by atoms with Crippen molar-refractivity contribution >= 4 is 16.9 Å². The first-order chi connectivity index (χ1) is 9.54. The van der Waals surface area contributed by atoms with Crippen LogP contribution in [-0.2, 0) is 0 Å². The van der Waals surface area contributed by atoms with E-state index in [1.165, 1.54) is 0 Å². The van der Waals surface area contributed by atoms with Crippen LogP contribution in [0.3, 0.4) is 0 Å². The first-order valence-corrected chi connectivity index (χ1v) is 6.86. The highest BCUT2D eigenvalue weighted by Crippen LogP contribution is 2.19. The van der Waals surface area contributed by atoms with E-state index in [4.69, 9.17) is 5.73 Å². The first kappa shape index (κ1) is 13.0. The van der Waals surface area contributed by atoms with Crippen LogP contribution in [0.25, 0.3) is 11.0 Å². The third-order valence-corrected chi connectivity index (χ3v) is 3.98. The van der Waals surface area contributed by atoms with E-state index >= 15 is 0 Å². The lowest BCUT2D eigenvalue weighted by Crippen LogP contribution is -2.54. The lowest BCUT2D eigenvalue weighted by molar-refractivity contribution is 0.0906. The number of hydrogen-bond donors (Lipinski definition) is 2. The number of nitrogens with zero attached hydrogens (tertiary/aromatic N) is 2. The SMILES string of the molecule is Cc1nc2ccc(C(=O)N[C@H]3CC[C@H]3N)cc2nc1C. The molecule has 5 heteroatoms. The molecule has 0 radical (unpaired) electrons. The monoisotopic (exact) mass is 270 g/mol. The van der Waals surface area contributed by atoms with E-state index in [1.54, 1.807) is 12.1 Å². The fourth-order valence-electron chi connectivity index (χ4n) is 2.33. The summed E-state index contributed by atoms with van der Waals surface area (Å²) >= 11 is 0. The maximum atomic E-state index is 12.2. The molecule has 0 unspecified atom stereocenters. The number of fused-ring (bicyclic) bond motifs is 1. The summed E-state index contributed by atoms with van der Waals surface area (Å²) in [5.74, 6) is -0.0907. The molecule has 2 atom stereocenters. The summed E-state index contributed by atoms with van der Waals surface area (Å²) in [6.07, 6.45) is 1.94. The minimum Gasteiger partial charge on any atom is -0.348 e. The predicted molar refractivity (Wildman–Crippen MR) is 77.5 cm³/mol. The summed E-state index contributed by atoms with van der Waals surface area (Å²) in [6, 6.07) is 5.59. The smallest absolute Gasteiger partial charge is 0.251 e. The van der Waals surface area contributed by atoms with Crippen LogP contribution in [0.15, 0.2) is 18.2 Å². The average molecular weight is 270 g/mol. The third-order valence-electron chi connectivity index (χ3n) is 3.98. The van der Waals surface area contributed by atoms with Gasteiger partial charge in [-0.05, 0) is 44.9 Å². The van der Waals surface area contributed by atoms with Crippen molar-refractivity contribution in [3.8, 4) is 0 Å². The molecule has 0 aliphatic heterocycles. The van der Waals surface area contributed by atoms with E-state index < -0.39 is 0 Å². The van der Waals surface area contributed by atoms with Gasteiger partial charge in [0, 0.05) is 17.6 Å². The van der Waals surface area contributed by atoms with Gasteiger partial charge in [0.25, 0.3) is 5.91 Å². The fraction of sp³-hybridized carbons (Fsp3) is 0.400. The number of hydrogen-bond acceptors (Lipinski definition) is 4. The van der Waals surface area contributed by atoms with Crippen LogP contribution >= 0.6 is 0 Å². The first-order valence-electron chi connectivity index (χ1n) is 6.86. The normalized spacial score (nSPS) is 21.6. The molecule has 0 bridgehead atoms. The van der Waals surface area contributed by atoms with Crippen LogP contribution in [0.1, 0.15) is 34.6 Å². The van der Waals surface area contributed by atoms with Crippen LogP contribution in [0.5, 0.6) is 0 Å². The van der Waals surface area contributed by atoms with Crippen molar-refractivity contribution in [1.82, 2.24) is 15.3 Å². The molecule has 0 spiro atoms. The Kier molecular flexibility index (Phi) is 3.14. The highest BCUT2D eigenvalue weighted by atomic mass is 16.1. The maximum Gasteiger partial charge on any atom is 0.251 e. The van der Waals surface area contributed by atoms with Crippen molar-refractivity contribution in [2.75, 3.05) is 0 Å². The van der Waals surface area contributed by atoms with Crippen LogP contribution < -0.4 is 11.1 Å². The van der Waals surface area contributed by atoms with E-state index in [-0.39, 0.29) is 18.0 Å². The molecule has 2 aromatic rings. The number of aromatic nitrogens is 2. The molecule has 1 aromatic carbocycles. The number of carbonyl (C=O) groups excluding carboxylic acids is 1. The van der Waals surface area contributed by atoms with Crippen molar-refractivity contribution in [2.24, 2.45) is 5.73 Å². The Morgan fingerprint density at radius 1 is 1.20 bits per heavy atom. The second-order valence-electron chi connectivity index (χ2n) is 5.42. The summed E-state index contributed by atoms with van der Waals surface area (Å²) in [4.78, 5) is 21.1. The summed E-state index contributed by atoms with van der Waals surface area (Å²) < 4.78 is 0. The van der Waals surface area contributed by atoms with E-state index in [0.717, 1.165) is 35.3 Å². The topological polar surface area (TPSA) is 80.9 Å². The highest BCUT2D eigenvalue weighted by molar-refractivity contribution is 5.97. The zero-order valence-corrected chi connectivity index (χ0v) is 11.7. The van der Waals surface area contributed by atoms with Gasteiger partial charge in [-0.25, -0.2) is 9.97 Å². The van der Waals surface area contributed by atoms with Gasteiger partial charge in [-0.1, -0.05) is 0 Å². The highest BCUT2D eigenvalue weighted by Gasteiger charge is 2.28. The number of nitrogens with two attached hydrogens (primary N) is 1. The Morgan fingerprint density at radius 3 is 2.50 bits per heavy atom. The van der Waals surface area contributed by atoms with Crippen LogP contribution in [0.4, 0.5) is 0 Å². The van der Waals surface area contributed by atoms with Gasteiger partial charge >= 0.3 is 0 Å². The molecule has 1 aromatic heterocycles. The van der Waals surface area contributed by atoms with E-state index in [2.05, 4.69) is 15.3 Å². The molecule has 1 amide bonds. The number of nitrogens with one attached hydrogen (secondary N) is 1. The van der Waals surface area contributed by atoms with Crippen LogP contribution in [0, 0.1) is 13.8 Å². The van der Waals surface area contributed by atoms with Crippen LogP contribution in [0.2, 0.25) is 0 Å². The molecule has 1 aliphatic rings. The third kappa shape index (κ3) is 2.25. The van der Waals surface area contributed by atoms with Crippen molar-refractivity contribution in [3.05, 3.63) is 35.2 Å². The second kappa shape index (κ2) is 4.83. The Bertz CT molecular complexity index is 683. The summed E-state index contributed by atoms with van der Waals surface area (Å²) in [6.45, 7) is 3.85. The zero-order chi connectivity index (χ0) is 14.3. The number of aryl methyl sites for hydroxylation is 2. The molecule has 20 heavy (non-hydrogen) atoms. The zero-order valence-electron chi connectivity index (χ0n) is 11.7. The molecular formula is C15H18N4O. The van der Waals surface area contributed by atoms with Gasteiger partial charge in [-0.2, -0.15) is 0 Å². The Hall–Kier alpha value is -2.01. The van der Waals surface area contributed by atoms with Crippen molar-refractivity contribution in [3.63, 3.8) is 0 Å². The van der Waals surface area contributed by atoms with Gasteiger partial charge in [-0.3, -0.25) is 4.79 Å². The largest absolute Gasteiger partial charge is 0.348 e. The number of benzene rings is 1. The Morgan fingerprint density at radius 2 is 1.90 bits per heavy atom. The second-order valence-corrected chi connectivity index (χ2v) is 5.42. The predicted octanol–water partition coefficient (Wildman–Crippen LogP) is 1.47. The molecular weight excluding hydrogens is 252 g/mol. The average Bonchev–Trinajstić information content (AvgIpc) is 2.43. The number of carbonyl (C=O) groups is 1. The minimum absolute atomic E-state index is 0.0871. The van der Waals surface area contributed by atoms with Gasteiger partial charge in [0.05, 0.1) is 22.4 Å². The molecule has 104 valence electrons. The molecule has 1 saturated carbocycles. The van der Waals surface area contributed by atoms with Crippen molar-refractivity contribution in [2.45, 2.75) is 38.8 Å². The summed E-state index contributed by atoms with van der Waals surface area (Å²) in [7, 11) is 0. The van der Waals surface area contributed by atoms with Gasteiger partial charge in [0.2, 0.25) is 0 Å². The molecule has 1 heterocycles.